The highest BCUT2D eigenvalue weighted by molar-refractivity contribution is 7.10. The summed E-state index contributed by atoms with van der Waals surface area (Å²) in [5, 5.41) is 17.3. The van der Waals surface area contributed by atoms with Crippen LogP contribution in [0.15, 0.2) is 5.38 Å². The summed E-state index contributed by atoms with van der Waals surface area (Å²) in [6.07, 6.45) is 3.77. The number of methoxy groups -OCH3 is 1. The summed E-state index contributed by atoms with van der Waals surface area (Å²) in [5.74, 6) is -1.25. The Morgan fingerprint density at radius 2 is 1.93 bits per heavy atom. The average Bonchev–Trinajstić information content (AvgIpc) is 3.37. The molecule has 1 aromatic heterocycles. The molecule has 0 radical (unpaired) electrons. The molecule has 166 valence electrons. The van der Waals surface area contributed by atoms with Gasteiger partial charge in [-0.25, -0.2) is 14.6 Å². The Kier molecular flexibility index (Phi) is 6.10. The molecule has 3 rings (SSSR count). The van der Waals surface area contributed by atoms with E-state index in [0.717, 1.165) is 37.1 Å². The van der Waals surface area contributed by atoms with Crippen molar-refractivity contribution in [1.82, 2.24) is 15.6 Å². The van der Waals surface area contributed by atoms with Crippen molar-refractivity contribution in [2.24, 2.45) is 0 Å². The van der Waals surface area contributed by atoms with E-state index in [-0.39, 0.29) is 16.6 Å². The number of amides is 2. The van der Waals surface area contributed by atoms with Gasteiger partial charge >= 0.3 is 12.1 Å². The fourth-order valence-electron chi connectivity index (χ4n) is 4.36. The number of carbonyl (C=O) groups excluding carboxylic acids is 3. The monoisotopic (exact) mass is 439 g/mol. The van der Waals surface area contributed by atoms with Gasteiger partial charge in [0.05, 0.1) is 18.7 Å². The van der Waals surface area contributed by atoms with Crippen molar-refractivity contribution < 1.29 is 29.0 Å². The highest BCUT2D eigenvalue weighted by atomic mass is 32.1. The van der Waals surface area contributed by atoms with Crippen LogP contribution in [0.2, 0.25) is 0 Å². The maximum Gasteiger partial charge on any atom is 0.408 e. The SMILES string of the molecule is COC(=O)C(CO)NC(=O)c1csc(C23CCC(NC(=O)OC(C)(C)C)(CC2)C3)n1. The number of carbonyl (C=O) groups is 3. The number of aliphatic hydroxyl groups is 1. The van der Waals surface area contributed by atoms with E-state index in [0.29, 0.717) is 0 Å². The Morgan fingerprint density at radius 1 is 1.27 bits per heavy atom. The summed E-state index contributed by atoms with van der Waals surface area (Å²) in [4.78, 5) is 40.8. The predicted molar refractivity (Wildman–Crippen MR) is 109 cm³/mol. The summed E-state index contributed by atoms with van der Waals surface area (Å²) in [7, 11) is 1.19. The van der Waals surface area contributed by atoms with Gasteiger partial charge in [-0.1, -0.05) is 0 Å². The fourth-order valence-corrected chi connectivity index (χ4v) is 5.42. The lowest BCUT2D eigenvalue weighted by molar-refractivity contribution is -0.143. The van der Waals surface area contributed by atoms with Gasteiger partial charge in [0.25, 0.3) is 5.91 Å². The van der Waals surface area contributed by atoms with Gasteiger partial charge in [0.2, 0.25) is 0 Å². The highest BCUT2D eigenvalue weighted by Crippen LogP contribution is 2.58. The van der Waals surface area contributed by atoms with Crippen molar-refractivity contribution in [3.8, 4) is 0 Å². The molecule has 1 unspecified atom stereocenters. The van der Waals surface area contributed by atoms with Crippen molar-refractivity contribution in [3.05, 3.63) is 16.1 Å². The highest BCUT2D eigenvalue weighted by Gasteiger charge is 2.57. The third-order valence-electron chi connectivity index (χ3n) is 5.77. The summed E-state index contributed by atoms with van der Waals surface area (Å²) < 4.78 is 9.98. The van der Waals surface area contributed by atoms with E-state index in [1.54, 1.807) is 5.38 Å². The number of alkyl carbamates (subject to hydrolysis) is 1. The maximum absolute atomic E-state index is 12.4. The van der Waals surface area contributed by atoms with Crippen LogP contribution in [0.4, 0.5) is 4.79 Å². The van der Waals surface area contributed by atoms with Crippen LogP contribution in [0.25, 0.3) is 0 Å². The van der Waals surface area contributed by atoms with Gasteiger partial charge in [0, 0.05) is 16.3 Å². The zero-order chi connectivity index (χ0) is 22.2. The van der Waals surface area contributed by atoms with E-state index in [1.165, 1.54) is 18.4 Å². The predicted octanol–water partition coefficient (Wildman–Crippen LogP) is 1.89. The van der Waals surface area contributed by atoms with Gasteiger partial charge in [0.1, 0.15) is 11.3 Å². The van der Waals surface area contributed by atoms with Gasteiger partial charge in [-0.2, -0.15) is 0 Å². The van der Waals surface area contributed by atoms with Gasteiger partial charge in [0.15, 0.2) is 6.04 Å². The second kappa shape index (κ2) is 8.14. The summed E-state index contributed by atoms with van der Waals surface area (Å²) >= 11 is 1.41. The van der Waals surface area contributed by atoms with Crippen LogP contribution < -0.4 is 10.6 Å². The summed E-state index contributed by atoms with van der Waals surface area (Å²) in [6, 6.07) is -1.13. The molecule has 0 saturated heterocycles. The number of nitrogens with zero attached hydrogens (tertiary/aromatic N) is 1. The zero-order valence-corrected chi connectivity index (χ0v) is 18.6. The lowest BCUT2D eigenvalue weighted by Crippen LogP contribution is -2.47. The third kappa shape index (κ3) is 4.59. The van der Waals surface area contributed by atoms with Crippen LogP contribution in [-0.2, 0) is 19.7 Å². The van der Waals surface area contributed by atoms with Crippen LogP contribution in [0.3, 0.4) is 0 Å². The zero-order valence-electron chi connectivity index (χ0n) is 17.7. The first kappa shape index (κ1) is 22.5. The number of hydrogen-bond acceptors (Lipinski definition) is 8. The molecule has 1 aromatic rings. The smallest absolute Gasteiger partial charge is 0.408 e. The number of thiazole rings is 1. The Labute approximate surface area is 179 Å². The fraction of sp³-hybridized carbons (Fsp3) is 0.700. The Bertz CT molecular complexity index is 823. The molecule has 0 aliphatic heterocycles. The Morgan fingerprint density at radius 3 is 2.50 bits per heavy atom. The minimum atomic E-state index is -1.13. The van der Waals surface area contributed by atoms with Crippen molar-refractivity contribution in [2.75, 3.05) is 13.7 Å². The Hall–Kier alpha value is -2.20. The maximum atomic E-state index is 12.4. The first-order chi connectivity index (χ1) is 14.0. The van der Waals surface area contributed by atoms with Crippen LogP contribution in [0.1, 0.15) is 68.4 Å². The molecule has 2 bridgehead atoms. The van der Waals surface area contributed by atoms with Gasteiger partial charge < -0.3 is 25.2 Å². The van der Waals surface area contributed by atoms with Crippen molar-refractivity contribution >= 4 is 29.3 Å². The number of nitrogens with one attached hydrogen (secondary N) is 2. The molecule has 0 aromatic carbocycles. The number of aromatic nitrogens is 1. The van der Waals surface area contributed by atoms with Gasteiger partial charge in [-0.05, 0) is 52.9 Å². The van der Waals surface area contributed by atoms with Crippen molar-refractivity contribution in [2.45, 2.75) is 75.5 Å². The first-order valence-corrected chi connectivity index (χ1v) is 10.9. The molecular weight excluding hydrogens is 410 g/mol. The second-order valence-electron chi connectivity index (χ2n) is 9.13. The molecule has 1 heterocycles. The van der Waals surface area contributed by atoms with Crippen LogP contribution in [-0.4, -0.2) is 59.0 Å². The topological polar surface area (TPSA) is 127 Å². The lowest BCUT2D eigenvalue weighted by Gasteiger charge is -2.29. The minimum absolute atomic E-state index is 0.170. The van der Waals surface area contributed by atoms with E-state index in [4.69, 9.17) is 4.74 Å². The standard InChI is InChI=1S/C20H29N3O6S/c1-18(2,3)29-17(27)23-20-7-5-19(11-20,6-8-20)16-22-13(10-30-16)14(25)21-12(9-24)15(26)28-4/h10,12,24H,5-9,11H2,1-4H3,(H,21,25)(H,23,27). The number of ether oxygens (including phenoxy) is 2. The molecule has 3 N–H and O–H groups in total. The average molecular weight is 440 g/mol. The molecule has 9 nitrogen and oxygen atoms in total. The van der Waals surface area contributed by atoms with Gasteiger partial charge in [-0.15, -0.1) is 11.3 Å². The molecule has 0 spiro atoms. The molecule has 2 saturated carbocycles. The number of fused-ring (bicyclic) bond motifs is 2. The molecular formula is C20H29N3O6S. The minimum Gasteiger partial charge on any atom is -0.467 e. The lowest BCUT2D eigenvalue weighted by atomic mass is 9.84. The second-order valence-corrected chi connectivity index (χ2v) is 9.99. The molecule has 2 fully saturated rings. The van der Waals surface area contributed by atoms with Gasteiger partial charge in [-0.3, -0.25) is 4.79 Å². The quantitative estimate of drug-likeness (QED) is 0.578. The Balaban J connectivity index is 1.67. The van der Waals surface area contributed by atoms with Crippen LogP contribution in [0.5, 0.6) is 0 Å². The van der Waals surface area contributed by atoms with E-state index < -0.39 is 36.2 Å². The summed E-state index contributed by atoms with van der Waals surface area (Å²) in [6.45, 7) is 4.95. The number of esters is 1. The largest absolute Gasteiger partial charge is 0.467 e. The number of hydrogen-bond donors (Lipinski definition) is 3. The summed E-state index contributed by atoms with van der Waals surface area (Å²) in [5.41, 5.74) is -0.820. The number of aliphatic hydroxyl groups excluding tert-OH is 1. The molecule has 2 aliphatic carbocycles. The molecule has 2 aliphatic rings. The van der Waals surface area contributed by atoms with Crippen LogP contribution >= 0.6 is 11.3 Å². The normalized spacial score (nSPS) is 26.2. The third-order valence-corrected chi connectivity index (χ3v) is 6.86. The van der Waals surface area contributed by atoms with E-state index in [2.05, 4.69) is 20.4 Å². The molecule has 1 atom stereocenters. The molecule has 2 amide bonds. The van der Waals surface area contributed by atoms with Crippen molar-refractivity contribution in [3.63, 3.8) is 0 Å². The molecule has 10 heteroatoms. The first-order valence-electron chi connectivity index (χ1n) is 9.98. The van der Waals surface area contributed by atoms with E-state index in [9.17, 15) is 19.5 Å². The van der Waals surface area contributed by atoms with E-state index >= 15 is 0 Å². The molecule has 30 heavy (non-hydrogen) atoms. The van der Waals surface area contributed by atoms with E-state index in [1.807, 2.05) is 20.8 Å². The van der Waals surface area contributed by atoms with Crippen molar-refractivity contribution in [1.29, 1.82) is 0 Å². The van der Waals surface area contributed by atoms with Crippen LogP contribution in [0, 0.1) is 0 Å². The number of rotatable bonds is 6.